The van der Waals surface area contributed by atoms with Gasteiger partial charge in [-0.05, 0) is 36.1 Å². The van der Waals surface area contributed by atoms with Crippen LogP contribution in [-0.4, -0.2) is 25.9 Å². The van der Waals surface area contributed by atoms with Gasteiger partial charge in [0.15, 0.2) is 4.34 Å². The highest BCUT2D eigenvalue weighted by Gasteiger charge is 2.13. The molecule has 0 saturated carbocycles. The Balaban J connectivity index is 2.21. The van der Waals surface area contributed by atoms with Crippen LogP contribution < -0.4 is 5.32 Å². The molecule has 1 N–H and O–H groups in total. The van der Waals surface area contributed by atoms with Crippen molar-refractivity contribution >= 4 is 29.1 Å². The van der Waals surface area contributed by atoms with E-state index in [2.05, 4.69) is 45.4 Å². The van der Waals surface area contributed by atoms with Crippen molar-refractivity contribution in [3.63, 3.8) is 0 Å². The van der Waals surface area contributed by atoms with Gasteiger partial charge in [0, 0.05) is 18.5 Å². The number of aryl methyl sites for hydroxylation is 1. The molecule has 0 aromatic carbocycles. The fourth-order valence-electron chi connectivity index (χ4n) is 1.70. The molecule has 0 unspecified atom stereocenters. The highest BCUT2D eigenvalue weighted by atomic mass is 32.2. The van der Waals surface area contributed by atoms with Crippen LogP contribution in [0.2, 0.25) is 0 Å². The van der Waals surface area contributed by atoms with Crippen molar-refractivity contribution < 1.29 is 0 Å². The third-order valence-electron chi connectivity index (χ3n) is 2.75. The van der Waals surface area contributed by atoms with Crippen LogP contribution in [0, 0.1) is 0 Å². The average Bonchev–Trinajstić information content (AvgIpc) is 2.93. The first-order chi connectivity index (χ1) is 9.78. The van der Waals surface area contributed by atoms with Crippen molar-refractivity contribution in [3.8, 4) is 0 Å². The summed E-state index contributed by atoms with van der Waals surface area (Å²) in [6.45, 7) is 7.25. The summed E-state index contributed by atoms with van der Waals surface area (Å²) in [6, 6.07) is 0. The monoisotopic (exact) mass is 309 g/mol. The first-order valence-corrected chi connectivity index (χ1v) is 8.45. The molecule has 2 aromatic heterocycles. The molecule has 108 valence electrons. The van der Waals surface area contributed by atoms with E-state index in [1.54, 1.807) is 18.1 Å². The van der Waals surface area contributed by atoms with Crippen LogP contribution in [0.15, 0.2) is 15.7 Å². The maximum Gasteiger partial charge on any atom is 0.176 e. The van der Waals surface area contributed by atoms with Gasteiger partial charge in [-0.1, -0.05) is 20.8 Å². The largest absolute Gasteiger partial charge is 0.370 e. The molecule has 0 saturated heterocycles. The molecule has 5 nitrogen and oxygen atoms in total. The van der Waals surface area contributed by atoms with E-state index in [4.69, 9.17) is 0 Å². The lowest BCUT2D eigenvalue weighted by molar-refractivity contribution is 0.909. The zero-order valence-electron chi connectivity index (χ0n) is 12.0. The Morgan fingerprint density at radius 1 is 1.20 bits per heavy atom. The van der Waals surface area contributed by atoms with E-state index in [1.807, 2.05) is 0 Å². The lowest BCUT2D eigenvalue weighted by Gasteiger charge is -2.11. The smallest absolute Gasteiger partial charge is 0.176 e. The molecule has 2 aromatic rings. The molecule has 0 radical (unpaired) electrons. The highest BCUT2D eigenvalue weighted by Crippen LogP contribution is 2.32. The van der Waals surface area contributed by atoms with Crippen molar-refractivity contribution in [1.29, 1.82) is 0 Å². The van der Waals surface area contributed by atoms with Crippen molar-refractivity contribution in [3.05, 3.63) is 17.7 Å². The number of aromatic nitrogens is 4. The Kier molecular flexibility index (Phi) is 5.72. The summed E-state index contributed by atoms with van der Waals surface area (Å²) in [5, 5.41) is 4.33. The SMILES string of the molecule is CCCNc1ncnc(Sc2nc(CC)ns2)c1CC. The van der Waals surface area contributed by atoms with Crippen molar-refractivity contribution in [2.75, 3.05) is 11.9 Å². The second-order valence-electron chi connectivity index (χ2n) is 4.22. The quantitative estimate of drug-likeness (QED) is 0.791. The fourth-order valence-corrected chi connectivity index (χ4v) is 3.48. The lowest BCUT2D eigenvalue weighted by atomic mass is 10.2. The summed E-state index contributed by atoms with van der Waals surface area (Å²) in [6.07, 6.45) is 4.45. The van der Waals surface area contributed by atoms with E-state index >= 15 is 0 Å². The minimum atomic E-state index is 0.866. The predicted octanol–water partition coefficient (Wildman–Crippen LogP) is 3.43. The van der Waals surface area contributed by atoms with Gasteiger partial charge in [0.05, 0.1) is 0 Å². The summed E-state index contributed by atoms with van der Waals surface area (Å²) in [7, 11) is 0. The first kappa shape index (κ1) is 15.2. The minimum absolute atomic E-state index is 0.866. The van der Waals surface area contributed by atoms with Crippen LogP contribution >= 0.6 is 23.3 Å². The average molecular weight is 309 g/mol. The molecule has 20 heavy (non-hydrogen) atoms. The number of hydrogen-bond acceptors (Lipinski definition) is 7. The number of hydrogen-bond donors (Lipinski definition) is 1. The molecule has 0 bridgehead atoms. The van der Waals surface area contributed by atoms with Gasteiger partial charge in [-0.15, -0.1) is 0 Å². The van der Waals surface area contributed by atoms with Crippen LogP contribution in [0.5, 0.6) is 0 Å². The Bertz CT molecular complexity index is 555. The standard InChI is InChI=1S/C13H19N5S2/c1-4-7-14-11-9(5-2)12(16-8-15-11)19-13-17-10(6-3)18-20-13/h8H,4-7H2,1-3H3,(H,14,15,16). The Hall–Kier alpha value is -1.21. The molecule has 0 fully saturated rings. The summed E-state index contributed by atoms with van der Waals surface area (Å²) >= 11 is 3.01. The van der Waals surface area contributed by atoms with E-state index in [1.165, 1.54) is 11.5 Å². The third kappa shape index (κ3) is 3.67. The molecule has 2 heterocycles. The summed E-state index contributed by atoms with van der Waals surface area (Å²) in [5.41, 5.74) is 1.15. The normalized spacial score (nSPS) is 10.8. The van der Waals surface area contributed by atoms with Crippen LogP contribution in [0.4, 0.5) is 5.82 Å². The Morgan fingerprint density at radius 3 is 2.70 bits per heavy atom. The molecule has 0 atom stereocenters. The minimum Gasteiger partial charge on any atom is -0.370 e. The lowest BCUT2D eigenvalue weighted by Crippen LogP contribution is -2.06. The summed E-state index contributed by atoms with van der Waals surface area (Å²) < 4.78 is 5.25. The topological polar surface area (TPSA) is 63.6 Å². The van der Waals surface area contributed by atoms with Gasteiger partial charge in [0.1, 0.15) is 23.0 Å². The van der Waals surface area contributed by atoms with E-state index in [-0.39, 0.29) is 0 Å². The highest BCUT2D eigenvalue weighted by molar-refractivity contribution is 8.00. The molecule has 0 aliphatic carbocycles. The second kappa shape index (κ2) is 7.54. The van der Waals surface area contributed by atoms with Gasteiger partial charge < -0.3 is 5.32 Å². The van der Waals surface area contributed by atoms with Gasteiger partial charge >= 0.3 is 0 Å². The molecule has 0 aliphatic rings. The van der Waals surface area contributed by atoms with Gasteiger partial charge in [-0.25, -0.2) is 15.0 Å². The first-order valence-electron chi connectivity index (χ1n) is 6.86. The van der Waals surface area contributed by atoms with Gasteiger partial charge in [0.25, 0.3) is 0 Å². The van der Waals surface area contributed by atoms with Gasteiger partial charge in [0.2, 0.25) is 0 Å². The zero-order valence-corrected chi connectivity index (χ0v) is 13.6. The number of rotatable bonds is 7. The fraction of sp³-hybridized carbons (Fsp3) is 0.538. The molecular formula is C13H19N5S2. The molecule has 0 amide bonds. The predicted molar refractivity (Wildman–Crippen MR) is 83.6 cm³/mol. The van der Waals surface area contributed by atoms with Crippen LogP contribution in [-0.2, 0) is 12.8 Å². The molecule has 0 aliphatic heterocycles. The van der Waals surface area contributed by atoms with E-state index < -0.39 is 0 Å². The van der Waals surface area contributed by atoms with Crippen LogP contribution in [0.25, 0.3) is 0 Å². The number of nitrogens with one attached hydrogen (secondary N) is 1. The Labute approximate surface area is 127 Å². The molecule has 7 heteroatoms. The van der Waals surface area contributed by atoms with Crippen molar-refractivity contribution in [2.45, 2.75) is 49.4 Å². The molecule has 2 rings (SSSR count). The van der Waals surface area contributed by atoms with Crippen molar-refractivity contribution in [1.82, 2.24) is 19.3 Å². The summed E-state index contributed by atoms with van der Waals surface area (Å²) in [5.74, 6) is 1.83. The number of nitrogens with zero attached hydrogens (tertiary/aromatic N) is 4. The van der Waals surface area contributed by atoms with E-state index in [9.17, 15) is 0 Å². The second-order valence-corrected chi connectivity index (χ2v) is 6.21. The van der Waals surface area contributed by atoms with Crippen LogP contribution in [0.3, 0.4) is 0 Å². The maximum atomic E-state index is 4.48. The number of anilines is 1. The molecular weight excluding hydrogens is 290 g/mol. The van der Waals surface area contributed by atoms with E-state index in [0.717, 1.165) is 52.4 Å². The van der Waals surface area contributed by atoms with Gasteiger partial charge in [-0.2, -0.15) is 4.37 Å². The zero-order chi connectivity index (χ0) is 14.4. The van der Waals surface area contributed by atoms with Gasteiger partial charge in [-0.3, -0.25) is 0 Å². The third-order valence-corrected chi connectivity index (χ3v) is 4.59. The van der Waals surface area contributed by atoms with Crippen LogP contribution in [0.1, 0.15) is 38.6 Å². The Morgan fingerprint density at radius 2 is 2.05 bits per heavy atom. The molecule has 0 spiro atoms. The van der Waals surface area contributed by atoms with E-state index in [0.29, 0.717) is 0 Å². The maximum absolute atomic E-state index is 4.48. The van der Waals surface area contributed by atoms with Crippen molar-refractivity contribution in [2.24, 2.45) is 0 Å². The summed E-state index contributed by atoms with van der Waals surface area (Å²) in [4.78, 5) is 13.2.